The number of guanidine groups is 1. The van der Waals surface area contributed by atoms with Crippen molar-refractivity contribution < 1.29 is 4.79 Å². The maximum absolute atomic E-state index is 13.7. The molecule has 166 valence electrons. The molecule has 0 unspecified atom stereocenters. The van der Waals surface area contributed by atoms with Crippen LogP contribution in [0, 0.1) is 0 Å². The lowest BCUT2D eigenvalue weighted by Gasteiger charge is -2.43. The highest BCUT2D eigenvalue weighted by Crippen LogP contribution is 2.32. The summed E-state index contributed by atoms with van der Waals surface area (Å²) in [4.78, 5) is 25.1. The minimum Gasteiger partial charge on any atom is -0.315 e. The van der Waals surface area contributed by atoms with Crippen LogP contribution in [-0.4, -0.2) is 52.7 Å². The molecule has 0 spiro atoms. The molecule has 2 aromatic carbocycles. The number of hydrogen-bond acceptors (Lipinski definition) is 4. The van der Waals surface area contributed by atoms with Crippen molar-refractivity contribution in [1.82, 2.24) is 14.7 Å². The number of nitrogens with zero attached hydrogens (tertiary/aromatic N) is 4. The van der Waals surface area contributed by atoms with E-state index in [9.17, 15) is 4.79 Å². The Hall–Kier alpha value is -2.34. The average Bonchev–Trinajstić information content (AvgIpc) is 3.04. The van der Waals surface area contributed by atoms with Gasteiger partial charge in [-0.3, -0.25) is 19.6 Å². The fourth-order valence-electron chi connectivity index (χ4n) is 4.73. The lowest BCUT2D eigenvalue weighted by molar-refractivity contribution is -0.125. The first-order valence-corrected chi connectivity index (χ1v) is 11.9. The highest BCUT2D eigenvalue weighted by molar-refractivity contribution is 6.30. The maximum Gasteiger partial charge on any atom is 0.259 e. The van der Waals surface area contributed by atoms with Crippen molar-refractivity contribution in [2.45, 2.75) is 32.4 Å². The van der Waals surface area contributed by atoms with E-state index in [0.717, 1.165) is 73.3 Å². The van der Waals surface area contributed by atoms with E-state index < -0.39 is 0 Å². The highest BCUT2D eigenvalue weighted by Gasteiger charge is 2.39. The second kappa shape index (κ2) is 9.26. The molecule has 1 amide bonds. The number of amides is 1. The Balaban J connectivity index is 1.43. The van der Waals surface area contributed by atoms with Crippen LogP contribution in [0.3, 0.4) is 0 Å². The first kappa shape index (κ1) is 21.5. The van der Waals surface area contributed by atoms with Crippen LogP contribution in [0.2, 0.25) is 10.0 Å². The first-order chi connectivity index (χ1) is 15.6. The van der Waals surface area contributed by atoms with Crippen LogP contribution in [0.4, 0.5) is 0 Å². The van der Waals surface area contributed by atoms with E-state index in [1.807, 2.05) is 47.4 Å². The van der Waals surface area contributed by atoms with Crippen LogP contribution in [-0.2, 0) is 17.9 Å². The summed E-state index contributed by atoms with van der Waals surface area (Å²) in [5, 5.41) is 1.44. The van der Waals surface area contributed by atoms with Crippen LogP contribution in [0.5, 0.6) is 0 Å². The molecule has 0 bridgehead atoms. The summed E-state index contributed by atoms with van der Waals surface area (Å²) in [6.45, 7) is 4.51. The van der Waals surface area contributed by atoms with Crippen LogP contribution in [0.1, 0.15) is 30.4 Å². The summed E-state index contributed by atoms with van der Waals surface area (Å²) < 4.78 is 0. The Labute approximate surface area is 198 Å². The fourth-order valence-corrected chi connectivity index (χ4v) is 5.07. The van der Waals surface area contributed by atoms with Crippen molar-refractivity contribution >= 4 is 35.1 Å². The Morgan fingerprint density at radius 2 is 1.75 bits per heavy atom. The minimum absolute atomic E-state index is 0.0719. The highest BCUT2D eigenvalue weighted by atomic mass is 35.5. The average molecular weight is 469 g/mol. The quantitative estimate of drug-likeness (QED) is 0.637. The zero-order valence-electron chi connectivity index (χ0n) is 17.9. The van der Waals surface area contributed by atoms with Gasteiger partial charge in [0.15, 0.2) is 0 Å². The fraction of sp³-hybridized carbons (Fsp3) is 0.360. The Morgan fingerprint density at radius 3 is 2.56 bits per heavy atom. The third-order valence-corrected chi connectivity index (χ3v) is 6.79. The molecule has 0 saturated carbocycles. The Morgan fingerprint density at radius 1 is 0.906 bits per heavy atom. The van der Waals surface area contributed by atoms with Gasteiger partial charge in [0.1, 0.15) is 0 Å². The van der Waals surface area contributed by atoms with Gasteiger partial charge in [-0.15, -0.1) is 0 Å². The van der Waals surface area contributed by atoms with E-state index in [-0.39, 0.29) is 5.91 Å². The molecule has 0 N–H and O–H groups in total. The van der Waals surface area contributed by atoms with Gasteiger partial charge in [-0.25, -0.2) is 0 Å². The number of fused-ring (bicyclic) bond motifs is 2. The second-order valence-corrected chi connectivity index (χ2v) is 9.45. The molecule has 32 heavy (non-hydrogen) atoms. The summed E-state index contributed by atoms with van der Waals surface area (Å²) >= 11 is 12.2. The molecule has 0 fully saturated rings. The van der Waals surface area contributed by atoms with Gasteiger partial charge in [-0.05, 0) is 48.2 Å². The topological polar surface area (TPSA) is 39.2 Å². The molecule has 0 saturated heterocycles. The van der Waals surface area contributed by atoms with E-state index in [1.54, 1.807) is 0 Å². The molecular weight excluding hydrogens is 443 g/mol. The normalized spacial score (nSPS) is 19.4. The van der Waals surface area contributed by atoms with E-state index >= 15 is 0 Å². The molecule has 3 aliphatic rings. The summed E-state index contributed by atoms with van der Waals surface area (Å²) in [5.74, 6) is 0.882. The monoisotopic (exact) mass is 468 g/mol. The lowest BCUT2D eigenvalue weighted by atomic mass is 9.99. The van der Waals surface area contributed by atoms with Gasteiger partial charge in [-0.1, -0.05) is 47.5 Å². The molecule has 5 nitrogen and oxygen atoms in total. The van der Waals surface area contributed by atoms with Crippen LogP contribution in [0.25, 0.3) is 0 Å². The summed E-state index contributed by atoms with van der Waals surface area (Å²) in [5.41, 5.74) is 4.27. The zero-order valence-corrected chi connectivity index (χ0v) is 19.4. The van der Waals surface area contributed by atoms with Crippen molar-refractivity contribution in [2.75, 3.05) is 26.2 Å². The molecule has 0 aromatic heterocycles. The van der Waals surface area contributed by atoms with Gasteiger partial charge >= 0.3 is 0 Å². The van der Waals surface area contributed by atoms with Gasteiger partial charge in [0.25, 0.3) is 5.91 Å². The number of hydrogen-bond donors (Lipinski definition) is 0. The molecule has 7 heteroatoms. The predicted molar refractivity (Wildman–Crippen MR) is 129 cm³/mol. The third kappa shape index (κ3) is 4.42. The summed E-state index contributed by atoms with van der Waals surface area (Å²) in [6.07, 6.45) is 2.99. The Kier molecular flexibility index (Phi) is 6.22. The molecule has 0 aliphatic carbocycles. The van der Waals surface area contributed by atoms with E-state index in [4.69, 9.17) is 28.2 Å². The van der Waals surface area contributed by atoms with E-state index in [0.29, 0.717) is 18.1 Å². The van der Waals surface area contributed by atoms with Gasteiger partial charge < -0.3 is 4.90 Å². The third-order valence-electron chi connectivity index (χ3n) is 6.30. The standard InChI is InChI=1S/C25H26Cl2N4O/c26-20-8-6-18(7-9-20)16-31-24(32)22-17-29(15-19-4-3-5-21(27)14-19)13-10-23(22)30-12-2-1-11-28-25(30)31/h3-9,14H,1-2,10-13,15-17H2. The molecule has 5 rings (SSSR count). The molecular formula is C25H26Cl2N4O. The van der Waals surface area contributed by atoms with Crippen molar-refractivity contribution in [3.05, 3.63) is 81.0 Å². The van der Waals surface area contributed by atoms with Crippen LogP contribution in [0.15, 0.2) is 64.8 Å². The van der Waals surface area contributed by atoms with E-state index in [1.165, 1.54) is 5.56 Å². The number of aliphatic imine (C=N–C) groups is 1. The molecule has 3 heterocycles. The van der Waals surface area contributed by atoms with Crippen molar-refractivity contribution in [1.29, 1.82) is 0 Å². The first-order valence-electron chi connectivity index (χ1n) is 11.2. The Bertz CT molecular complexity index is 1080. The smallest absolute Gasteiger partial charge is 0.259 e. The molecule has 2 aromatic rings. The van der Waals surface area contributed by atoms with Gasteiger partial charge in [0.05, 0.1) is 12.1 Å². The second-order valence-electron chi connectivity index (χ2n) is 8.57. The maximum atomic E-state index is 13.7. The van der Waals surface area contributed by atoms with Crippen LogP contribution < -0.4 is 0 Å². The van der Waals surface area contributed by atoms with Crippen molar-refractivity contribution in [2.24, 2.45) is 4.99 Å². The summed E-state index contributed by atoms with van der Waals surface area (Å²) in [6, 6.07) is 15.7. The number of carbonyl (C=O) groups excluding carboxylic acids is 1. The molecule has 3 aliphatic heterocycles. The molecule has 0 radical (unpaired) electrons. The van der Waals surface area contributed by atoms with Crippen molar-refractivity contribution in [3.8, 4) is 0 Å². The van der Waals surface area contributed by atoms with Gasteiger partial charge in [0, 0.05) is 54.9 Å². The minimum atomic E-state index is 0.0719. The van der Waals surface area contributed by atoms with Crippen LogP contribution >= 0.6 is 23.2 Å². The largest absolute Gasteiger partial charge is 0.315 e. The van der Waals surface area contributed by atoms with Crippen molar-refractivity contribution in [3.63, 3.8) is 0 Å². The number of carbonyl (C=O) groups is 1. The summed E-state index contributed by atoms with van der Waals surface area (Å²) in [7, 11) is 0. The number of benzene rings is 2. The van der Waals surface area contributed by atoms with Gasteiger partial charge in [0.2, 0.25) is 5.96 Å². The van der Waals surface area contributed by atoms with Gasteiger partial charge in [-0.2, -0.15) is 0 Å². The number of halogens is 2. The van der Waals surface area contributed by atoms with E-state index in [2.05, 4.69) is 15.9 Å². The zero-order chi connectivity index (χ0) is 22.1. The molecule has 0 atom stereocenters. The predicted octanol–water partition coefficient (Wildman–Crippen LogP) is 4.95. The lowest BCUT2D eigenvalue weighted by Crippen LogP contribution is -2.55. The SMILES string of the molecule is O=C1C2=C(CCN(Cc3cccc(Cl)c3)C2)N2CCCCN=C2N1Cc1ccc(Cl)cc1. The number of rotatable bonds is 4.